The minimum atomic E-state index is -2.91. The van der Waals surface area contributed by atoms with Crippen LogP contribution in [0.4, 0.5) is 0 Å². The smallest absolute Gasteiger partial charge is 0.192 e. The van der Waals surface area contributed by atoms with Gasteiger partial charge in [0.25, 0.3) is 0 Å². The summed E-state index contributed by atoms with van der Waals surface area (Å²) in [6.07, 6.45) is 9.51. The van der Waals surface area contributed by atoms with E-state index in [0.717, 1.165) is 43.5 Å². The normalized spacial score (nSPS) is 20.4. The maximum atomic E-state index is 11.4. The fourth-order valence-corrected chi connectivity index (χ4v) is 4.69. The summed E-state index contributed by atoms with van der Waals surface area (Å²) >= 11 is 0. The maximum Gasteiger partial charge on any atom is 0.192 e. The molecule has 9 nitrogen and oxygen atoms in total. The number of aromatic nitrogens is 3. The third-order valence-electron chi connectivity index (χ3n) is 6.21. The number of hydrogen-bond acceptors (Lipinski definition) is 6. The van der Waals surface area contributed by atoms with Crippen LogP contribution in [0.1, 0.15) is 56.6 Å². The van der Waals surface area contributed by atoms with Crippen molar-refractivity contribution >= 4 is 15.8 Å². The average Bonchev–Trinajstić information content (AvgIpc) is 3.04. The molecule has 0 unspecified atom stereocenters. The molecule has 1 aliphatic heterocycles. The Labute approximate surface area is 180 Å². The van der Waals surface area contributed by atoms with E-state index in [9.17, 15) is 8.42 Å². The Morgan fingerprint density at radius 2 is 1.70 bits per heavy atom. The van der Waals surface area contributed by atoms with E-state index in [4.69, 9.17) is 4.99 Å². The minimum Gasteiger partial charge on any atom is -0.354 e. The number of nitrogens with zero attached hydrogens (tertiary/aromatic N) is 5. The highest BCUT2D eigenvalue weighted by molar-refractivity contribution is 7.90. The fraction of sp³-hybridized carbons (Fsp3) is 0.850. The first kappa shape index (κ1) is 23.0. The number of likely N-dealkylation sites (tertiary alicyclic amines) is 1. The third kappa shape index (κ3) is 7.23. The number of nitrogens with one attached hydrogen (secondary N) is 2. The SMILES string of the molecule is Cc1nnc(CN=C(NC2CCCCC2)NC2CCN(CCS(C)(=O)=O)CC2)n1C. The number of sulfone groups is 1. The summed E-state index contributed by atoms with van der Waals surface area (Å²) in [5, 5.41) is 15.6. The first-order valence-electron chi connectivity index (χ1n) is 11.1. The Hall–Kier alpha value is -1.68. The molecule has 2 heterocycles. The molecule has 0 spiro atoms. The van der Waals surface area contributed by atoms with Gasteiger partial charge in [0, 0.05) is 45.0 Å². The van der Waals surface area contributed by atoms with Crippen molar-refractivity contribution in [1.82, 2.24) is 30.3 Å². The molecule has 10 heteroatoms. The Morgan fingerprint density at radius 3 is 2.27 bits per heavy atom. The first-order valence-corrected chi connectivity index (χ1v) is 13.2. The van der Waals surface area contributed by atoms with Crippen molar-refractivity contribution in [2.75, 3.05) is 31.6 Å². The molecule has 0 atom stereocenters. The number of piperidine rings is 1. The van der Waals surface area contributed by atoms with Crippen LogP contribution in [0.25, 0.3) is 0 Å². The van der Waals surface area contributed by atoms with Crippen molar-refractivity contribution in [1.29, 1.82) is 0 Å². The van der Waals surface area contributed by atoms with E-state index in [2.05, 4.69) is 25.7 Å². The molecule has 0 amide bonds. The van der Waals surface area contributed by atoms with Crippen molar-refractivity contribution in [2.45, 2.75) is 70.5 Å². The standard InChI is InChI=1S/C20H37N7O2S/c1-16-24-25-19(26(16)2)15-21-20(22-17-7-5-4-6-8-17)23-18-9-11-27(12-10-18)13-14-30(3,28)29/h17-18H,4-15H2,1-3H3,(H2,21,22,23). The van der Waals surface area contributed by atoms with Crippen LogP contribution in [0.2, 0.25) is 0 Å². The van der Waals surface area contributed by atoms with Crippen LogP contribution in [-0.2, 0) is 23.4 Å². The second kappa shape index (κ2) is 10.6. The highest BCUT2D eigenvalue weighted by Crippen LogP contribution is 2.17. The van der Waals surface area contributed by atoms with E-state index in [1.54, 1.807) is 0 Å². The zero-order chi connectivity index (χ0) is 21.6. The van der Waals surface area contributed by atoms with Gasteiger partial charge in [-0.2, -0.15) is 0 Å². The summed E-state index contributed by atoms with van der Waals surface area (Å²) < 4.78 is 24.8. The average molecular weight is 440 g/mol. The summed E-state index contributed by atoms with van der Waals surface area (Å²) in [4.78, 5) is 7.07. The minimum absolute atomic E-state index is 0.234. The number of aryl methyl sites for hydroxylation is 1. The molecular formula is C20H37N7O2S. The van der Waals surface area contributed by atoms with Gasteiger partial charge in [0.1, 0.15) is 22.2 Å². The molecule has 2 aliphatic rings. The molecule has 0 aromatic carbocycles. The third-order valence-corrected chi connectivity index (χ3v) is 7.14. The Balaban J connectivity index is 1.56. The van der Waals surface area contributed by atoms with Crippen molar-refractivity contribution < 1.29 is 8.42 Å². The van der Waals surface area contributed by atoms with Gasteiger partial charge < -0.3 is 20.1 Å². The lowest BCUT2D eigenvalue weighted by atomic mass is 9.95. The van der Waals surface area contributed by atoms with Crippen LogP contribution in [-0.4, -0.2) is 77.8 Å². The second-order valence-electron chi connectivity index (χ2n) is 8.76. The molecule has 30 heavy (non-hydrogen) atoms. The fourth-order valence-electron chi connectivity index (χ4n) is 4.10. The van der Waals surface area contributed by atoms with Gasteiger partial charge in [0.15, 0.2) is 11.8 Å². The van der Waals surface area contributed by atoms with Crippen LogP contribution in [0.3, 0.4) is 0 Å². The molecule has 1 saturated carbocycles. The Morgan fingerprint density at radius 1 is 1.07 bits per heavy atom. The van der Waals surface area contributed by atoms with Gasteiger partial charge in [0.2, 0.25) is 0 Å². The van der Waals surface area contributed by atoms with Crippen molar-refractivity contribution in [3.8, 4) is 0 Å². The van der Waals surface area contributed by atoms with E-state index >= 15 is 0 Å². The molecular weight excluding hydrogens is 402 g/mol. The summed E-state index contributed by atoms with van der Waals surface area (Å²) in [6.45, 7) is 4.88. The predicted octanol–water partition coefficient (Wildman–Crippen LogP) is 1.00. The lowest BCUT2D eigenvalue weighted by molar-refractivity contribution is 0.216. The molecule has 1 saturated heterocycles. The highest BCUT2D eigenvalue weighted by atomic mass is 32.2. The summed E-state index contributed by atoms with van der Waals surface area (Å²) in [6, 6.07) is 0.816. The zero-order valence-corrected chi connectivity index (χ0v) is 19.4. The van der Waals surface area contributed by atoms with Crippen molar-refractivity contribution in [2.24, 2.45) is 12.0 Å². The summed E-state index contributed by atoms with van der Waals surface area (Å²) in [5.41, 5.74) is 0. The van der Waals surface area contributed by atoms with Crippen LogP contribution >= 0.6 is 0 Å². The van der Waals surface area contributed by atoms with Gasteiger partial charge in [-0.25, -0.2) is 13.4 Å². The number of rotatable bonds is 7. The number of guanidine groups is 1. The van der Waals surface area contributed by atoms with Crippen molar-refractivity contribution in [3.05, 3.63) is 11.6 Å². The van der Waals surface area contributed by atoms with E-state index in [1.165, 1.54) is 38.4 Å². The summed E-state index contributed by atoms with van der Waals surface area (Å²) in [5.74, 6) is 2.83. The monoisotopic (exact) mass is 439 g/mol. The molecule has 1 aromatic rings. The first-order chi connectivity index (χ1) is 14.3. The van der Waals surface area contributed by atoms with Crippen LogP contribution < -0.4 is 10.6 Å². The summed E-state index contributed by atoms with van der Waals surface area (Å²) in [7, 11) is -0.941. The van der Waals surface area contributed by atoms with Gasteiger partial charge in [-0.1, -0.05) is 19.3 Å². The molecule has 170 valence electrons. The van der Waals surface area contributed by atoms with Gasteiger partial charge >= 0.3 is 0 Å². The van der Waals surface area contributed by atoms with Gasteiger partial charge in [-0.3, -0.25) is 0 Å². The van der Waals surface area contributed by atoms with E-state index in [1.807, 2.05) is 18.5 Å². The van der Waals surface area contributed by atoms with Crippen LogP contribution in [0.5, 0.6) is 0 Å². The topological polar surface area (TPSA) is 105 Å². The van der Waals surface area contributed by atoms with E-state index in [0.29, 0.717) is 25.2 Å². The molecule has 3 rings (SSSR count). The van der Waals surface area contributed by atoms with Gasteiger partial charge in [0.05, 0.1) is 5.75 Å². The predicted molar refractivity (Wildman–Crippen MR) is 119 cm³/mol. The highest BCUT2D eigenvalue weighted by Gasteiger charge is 2.22. The largest absolute Gasteiger partial charge is 0.354 e. The van der Waals surface area contributed by atoms with Gasteiger partial charge in [-0.15, -0.1) is 10.2 Å². The van der Waals surface area contributed by atoms with E-state index in [-0.39, 0.29) is 5.75 Å². The Bertz CT molecular complexity index is 807. The zero-order valence-electron chi connectivity index (χ0n) is 18.6. The molecule has 0 radical (unpaired) electrons. The van der Waals surface area contributed by atoms with Crippen molar-refractivity contribution in [3.63, 3.8) is 0 Å². The van der Waals surface area contributed by atoms with Crippen LogP contribution in [0, 0.1) is 6.92 Å². The quantitative estimate of drug-likeness (QED) is 0.482. The van der Waals surface area contributed by atoms with E-state index < -0.39 is 9.84 Å². The number of aliphatic imine (C=N–C) groups is 1. The lowest BCUT2D eigenvalue weighted by Gasteiger charge is -2.34. The lowest BCUT2D eigenvalue weighted by Crippen LogP contribution is -2.51. The molecule has 2 fully saturated rings. The molecule has 2 N–H and O–H groups in total. The van der Waals surface area contributed by atoms with Gasteiger partial charge in [-0.05, 0) is 32.6 Å². The second-order valence-corrected chi connectivity index (χ2v) is 11.0. The maximum absolute atomic E-state index is 11.4. The number of hydrogen-bond donors (Lipinski definition) is 2. The molecule has 1 aliphatic carbocycles. The Kier molecular flexibility index (Phi) is 8.10. The molecule has 0 bridgehead atoms. The molecule has 1 aromatic heterocycles. The van der Waals surface area contributed by atoms with Crippen LogP contribution in [0.15, 0.2) is 4.99 Å².